The van der Waals surface area contributed by atoms with Gasteiger partial charge in [0, 0.05) is 13.2 Å². The third kappa shape index (κ3) is 11.9. The van der Waals surface area contributed by atoms with Gasteiger partial charge in [0.1, 0.15) is 0 Å². The Bertz CT molecular complexity index is 94.2. The molecule has 13 heavy (non-hydrogen) atoms. The molecule has 1 unspecified atom stereocenters. The van der Waals surface area contributed by atoms with E-state index in [0.717, 1.165) is 32.5 Å². The molecule has 0 aromatic rings. The van der Waals surface area contributed by atoms with Crippen molar-refractivity contribution in [3.63, 3.8) is 0 Å². The van der Waals surface area contributed by atoms with Crippen LogP contribution in [-0.4, -0.2) is 37.6 Å². The summed E-state index contributed by atoms with van der Waals surface area (Å²) in [7, 11) is 0. The SMILES string of the molecule is CCOCCOCCCCC(C)O. The molecule has 0 aromatic carbocycles. The fourth-order valence-corrected chi connectivity index (χ4v) is 1.01. The normalized spacial score (nSPS) is 13.2. The van der Waals surface area contributed by atoms with Crippen LogP contribution in [-0.2, 0) is 9.47 Å². The minimum absolute atomic E-state index is 0.177. The smallest absolute Gasteiger partial charge is 0.0700 e. The van der Waals surface area contributed by atoms with Gasteiger partial charge in [-0.25, -0.2) is 0 Å². The molecule has 0 bridgehead atoms. The van der Waals surface area contributed by atoms with Crippen molar-refractivity contribution < 1.29 is 14.6 Å². The van der Waals surface area contributed by atoms with E-state index in [1.165, 1.54) is 0 Å². The lowest BCUT2D eigenvalue weighted by Crippen LogP contribution is -2.05. The van der Waals surface area contributed by atoms with Crippen LogP contribution >= 0.6 is 0 Å². The quantitative estimate of drug-likeness (QED) is 0.561. The molecule has 0 aliphatic carbocycles. The maximum atomic E-state index is 8.96. The first-order valence-corrected chi connectivity index (χ1v) is 5.11. The molecule has 0 aliphatic rings. The van der Waals surface area contributed by atoms with E-state index < -0.39 is 0 Å². The van der Waals surface area contributed by atoms with Gasteiger partial charge in [-0.05, 0) is 33.1 Å². The third-order valence-corrected chi connectivity index (χ3v) is 1.74. The molecule has 0 spiro atoms. The minimum Gasteiger partial charge on any atom is -0.393 e. The Morgan fingerprint density at radius 3 is 2.38 bits per heavy atom. The summed E-state index contributed by atoms with van der Waals surface area (Å²) in [5, 5.41) is 8.96. The van der Waals surface area contributed by atoms with Crippen LogP contribution in [0.15, 0.2) is 0 Å². The van der Waals surface area contributed by atoms with Crippen molar-refractivity contribution in [3.05, 3.63) is 0 Å². The average molecular weight is 190 g/mol. The van der Waals surface area contributed by atoms with E-state index in [-0.39, 0.29) is 6.10 Å². The first kappa shape index (κ1) is 12.9. The van der Waals surface area contributed by atoms with Gasteiger partial charge in [0.05, 0.1) is 19.3 Å². The molecule has 0 aliphatic heterocycles. The van der Waals surface area contributed by atoms with Crippen LogP contribution in [0.2, 0.25) is 0 Å². The van der Waals surface area contributed by atoms with Gasteiger partial charge in [-0.3, -0.25) is 0 Å². The zero-order valence-electron chi connectivity index (χ0n) is 8.79. The molecule has 0 heterocycles. The first-order chi connectivity index (χ1) is 6.27. The van der Waals surface area contributed by atoms with E-state index in [1.807, 2.05) is 13.8 Å². The molecule has 80 valence electrons. The molecular formula is C10H22O3. The van der Waals surface area contributed by atoms with E-state index >= 15 is 0 Å². The lowest BCUT2D eigenvalue weighted by molar-refractivity contribution is 0.0502. The topological polar surface area (TPSA) is 38.7 Å². The first-order valence-electron chi connectivity index (χ1n) is 5.11. The number of aliphatic hydroxyl groups is 1. The van der Waals surface area contributed by atoms with Crippen LogP contribution in [0.5, 0.6) is 0 Å². The Morgan fingerprint density at radius 1 is 1.08 bits per heavy atom. The lowest BCUT2D eigenvalue weighted by atomic mass is 10.2. The zero-order chi connectivity index (χ0) is 9.94. The zero-order valence-corrected chi connectivity index (χ0v) is 8.79. The maximum absolute atomic E-state index is 8.96. The summed E-state index contributed by atoms with van der Waals surface area (Å²) < 4.78 is 10.4. The van der Waals surface area contributed by atoms with Gasteiger partial charge in [0.25, 0.3) is 0 Å². The molecule has 0 rings (SSSR count). The van der Waals surface area contributed by atoms with E-state index in [1.54, 1.807) is 0 Å². The van der Waals surface area contributed by atoms with Crippen molar-refractivity contribution in [2.45, 2.75) is 39.2 Å². The minimum atomic E-state index is -0.177. The molecule has 0 saturated heterocycles. The molecule has 1 atom stereocenters. The van der Waals surface area contributed by atoms with Gasteiger partial charge in [0.15, 0.2) is 0 Å². The molecule has 0 fully saturated rings. The fourth-order valence-electron chi connectivity index (χ4n) is 1.01. The van der Waals surface area contributed by atoms with Gasteiger partial charge in [-0.1, -0.05) is 0 Å². The highest BCUT2D eigenvalue weighted by Gasteiger charge is 1.95. The predicted molar refractivity (Wildman–Crippen MR) is 52.8 cm³/mol. The second kappa shape index (κ2) is 9.96. The monoisotopic (exact) mass is 190 g/mol. The molecule has 0 amide bonds. The van der Waals surface area contributed by atoms with E-state index in [4.69, 9.17) is 14.6 Å². The van der Waals surface area contributed by atoms with Crippen LogP contribution in [0.1, 0.15) is 33.1 Å². The number of ether oxygens (including phenoxy) is 2. The Hall–Kier alpha value is -0.120. The van der Waals surface area contributed by atoms with Crippen molar-refractivity contribution in [3.8, 4) is 0 Å². The van der Waals surface area contributed by atoms with Gasteiger partial charge in [-0.2, -0.15) is 0 Å². The van der Waals surface area contributed by atoms with Crippen LogP contribution in [0.4, 0.5) is 0 Å². The Balaban J connectivity index is 2.84. The molecular weight excluding hydrogens is 168 g/mol. The molecule has 0 radical (unpaired) electrons. The Morgan fingerprint density at radius 2 is 1.77 bits per heavy atom. The second-order valence-electron chi connectivity index (χ2n) is 3.15. The number of aliphatic hydroxyl groups excluding tert-OH is 1. The van der Waals surface area contributed by atoms with Crippen LogP contribution in [0.25, 0.3) is 0 Å². The van der Waals surface area contributed by atoms with Crippen molar-refractivity contribution in [2.75, 3.05) is 26.4 Å². The van der Waals surface area contributed by atoms with E-state index in [9.17, 15) is 0 Å². The number of hydrogen-bond donors (Lipinski definition) is 1. The summed E-state index contributed by atoms with van der Waals surface area (Å²) in [4.78, 5) is 0. The Labute approximate surface area is 81.0 Å². The number of hydrogen-bond acceptors (Lipinski definition) is 3. The highest BCUT2D eigenvalue weighted by molar-refractivity contribution is 4.47. The summed E-state index contributed by atoms with van der Waals surface area (Å²) in [5.74, 6) is 0. The van der Waals surface area contributed by atoms with Gasteiger partial charge in [-0.15, -0.1) is 0 Å². The highest BCUT2D eigenvalue weighted by Crippen LogP contribution is 1.99. The summed E-state index contributed by atoms with van der Waals surface area (Å²) in [6.07, 6.45) is 2.75. The summed E-state index contributed by atoms with van der Waals surface area (Å²) in [6.45, 7) is 6.69. The highest BCUT2D eigenvalue weighted by atomic mass is 16.5. The van der Waals surface area contributed by atoms with Gasteiger partial charge < -0.3 is 14.6 Å². The maximum Gasteiger partial charge on any atom is 0.0700 e. The van der Waals surface area contributed by atoms with Crippen LogP contribution in [0, 0.1) is 0 Å². The molecule has 3 nitrogen and oxygen atoms in total. The van der Waals surface area contributed by atoms with Crippen molar-refractivity contribution >= 4 is 0 Å². The Kier molecular flexibility index (Phi) is 9.87. The van der Waals surface area contributed by atoms with Crippen molar-refractivity contribution in [2.24, 2.45) is 0 Å². The second-order valence-corrected chi connectivity index (χ2v) is 3.15. The number of unbranched alkanes of at least 4 members (excludes halogenated alkanes) is 1. The summed E-state index contributed by atoms with van der Waals surface area (Å²) in [5.41, 5.74) is 0. The lowest BCUT2D eigenvalue weighted by Gasteiger charge is -2.05. The van der Waals surface area contributed by atoms with Crippen molar-refractivity contribution in [1.29, 1.82) is 0 Å². The molecule has 1 N–H and O–H groups in total. The standard InChI is InChI=1S/C10H22O3/c1-3-12-8-9-13-7-5-4-6-10(2)11/h10-11H,3-9H2,1-2H3. The average Bonchev–Trinajstić information content (AvgIpc) is 2.09. The number of rotatable bonds is 9. The fraction of sp³-hybridized carbons (Fsp3) is 1.00. The van der Waals surface area contributed by atoms with E-state index in [0.29, 0.717) is 13.2 Å². The molecule has 3 heteroatoms. The summed E-state index contributed by atoms with van der Waals surface area (Å²) >= 11 is 0. The molecule has 0 aromatic heterocycles. The van der Waals surface area contributed by atoms with E-state index in [2.05, 4.69) is 0 Å². The molecule has 0 saturated carbocycles. The largest absolute Gasteiger partial charge is 0.393 e. The predicted octanol–water partition coefficient (Wildman–Crippen LogP) is 1.59. The summed E-state index contributed by atoms with van der Waals surface area (Å²) in [6, 6.07) is 0. The van der Waals surface area contributed by atoms with Crippen LogP contribution < -0.4 is 0 Å². The van der Waals surface area contributed by atoms with Gasteiger partial charge in [0.2, 0.25) is 0 Å². The van der Waals surface area contributed by atoms with Gasteiger partial charge >= 0.3 is 0 Å². The third-order valence-electron chi connectivity index (χ3n) is 1.74. The van der Waals surface area contributed by atoms with Crippen LogP contribution in [0.3, 0.4) is 0 Å². The van der Waals surface area contributed by atoms with Crippen molar-refractivity contribution in [1.82, 2.24) is 0 Å².